The molecule has 0 bridgehead atoms. The molecule has 364 valence electrons. The van der Waals surface area contributed by atoms with Crippen molar-refractivity contribution in [2.45, 2.75) is 193 Å². The molecule has 3 unspecified atom stereocenters. The van der Waals surface area contributed by atoms with Gasteiger partial charge in [-0.05, 0) is 83.5 Å². The molecule has 64 heavy (non-hydrogen) atoms. The molecule has 1 amide bonds. The number of phosphoric acid groups is 1. The van der Waals surface area contributed by atoms with Crippen molar-refractivity contribution >= 4 is 25.7 Å². The van der Waals surface area contributed by atoms with Gasteiger partial charge in [-0.25, -0.2) is 9.36 Å². The van der Waals surface area contributed by atoms with Crippen molar-refractivity contribution < 1.29 is 47.8 Å². The van der Waals surface area contributed by atoms with E-state index in [4.69, 9.17) is 13.8 Å². The number of ether oxygens (including phenoxy) is 1. The molecule has 0 radical (unpaired) electrons. The Morgan fingerprint density at radius 2 is 0.922 bits per heavy atom. The quantitative estimate of drug-likeness (QED) is 0.0200. The minimum atomic E-state index is -4.79. The smallest absolute Gasteiger partial charge is 0.472 e. The second kappa shape index (κ2) is 45.9. The molecule has 0 aliphatic rings. The van der Waals surface area contributed by atoms with Gasteiger partial charge in [-0.1, -0.05) is 182 Å². The zero-order chi connectivity index (χ0) is 47.0. The number of nitrogens with one attached hydrogen (secondary N) is 1. The first-order valence-corrected chi connectivity index (χ1v) is 25.8. The summed E-state index contributed by atoms with van der Waals surface area (Å²) in [5.41, 5.74) is 0. The molecule has 0 aromatic heterocycles. The Bertz CT molecular complexity index is 1450. The number of carboxylic acid groups (broad SMARTS) is 1. The second-order valence-corrected chi connectivity index (χ2v) is 17.4. The Morgan fingerprint density at radius 1 is 0.516 bits per heavy atom. The summed E-state index contributed by atoms with van der Waals surface area (Å²) in [5.74, 6) is -2.50. The van der Waals surface area contributed by atoms with Gasteiger partial charge in [0.05, 0.1) is 13.2 Å². The Hall–Kier alpha value is -3.60. The number of allylic oxidation sites excluding steroid dienone is 16. The first-order chi connectivity index (χ1) is 31.1. The third-order valence-electron chi connectivity index (χ3n) is 9.87. The molecule has 0 saturated carbocycles. The Morgan fingerprint density at radius 3 is 1.39 bits per heavy atom. The van der Waals surface area contributed by atoms with Crippen LogP contribution in [0.1, 0.15) is 181 Å². The lowest BCUT2D eigenvalue weighted by Gasteiger charge is -2.18. The van der Waals surface area contributed by atoms with E-state index in [1.165, 1.54) is 77.0 Å². The van der Waals surface area contributed by atoms with E-state index in [0.717, 1.165) is 57.8 Å². The van der Waals surface area contributed by atoms with E-state index >= 15 is 0 Å². The average molecular weight is 916 g/mol. The first-order valence-electron chi connectivity index (χ1n) is 24.3. The number of rotatable bonds is 44. The summed E-state index contributed by atoms with van der Waals surface area (Å²) in [6, 6.07) is -1.59. The first kappa shape index (κ1) is 60.4. The molecule has 11 nitrogen and oxygen atoms in total. The van der Waals surface area contributed by atoms with E-state index in [1.807, 2.05) is 18.2 Å². The zero-order valence-electron chi connectivity index (χ0n) is 39.5. The molecule has 12 heteroatoms. The fraction of sp³-hybridized carbons (Fsp3) is 0.635. The molecule has 4 N–H and O–H groups in total. The lowest BCUT2D eigenvalue weighted by molar-refractivity contribution is -0.147. The van der Waals surface area contributed by atoms with Gasteiger partial charge >= 0.3 is 19.8 Å². The van der Waals surface area contributed by atoms with Crippen molar-refractivity contribution in [3.63, 3.8) is 0 Å². The van der Waals surface area contributed by atoms with E-state index in [9.17, 15) is 34.1 Å². The number of aliphatic hydroxyl groups is 1. The van der Waals surface area contributed by atoms with Crippen LogP contribution in [0.2, 0.25) is 0 Å². The van der Waals surface area contributed by atoms with Crippen LogP contribution in [0.3, 0.4) is 0 Å². The van der Waals surface area contributed by atoms with E-state index in [2.05, 4.69) is 98.2 Å². The maximum absolute atomic E-state index is 12.3. The number of hydrogen-bond donors (Lipinski definition) is 4. The summed E-state index contributed by atoms with van der Waals surface area (Å²) < 4.78 is 26.9. The van der Waals surface area contributed by atoms with Crippen molar-refractivity contribution in [1.29, 1.82) is 0 Å². The van der Waals surface area contributed by atoms with Crippen LogP contribution in [-0.2, 0) is 32.7 Å². The van der Waals surface area contributed by atoms with Gasteiger partial charge in [0.15, 0.2) is 6.04 Å². The molecule has 0 rings (SSSR count). The maximum Gasteiger partial charge on any atom is 0.472 e. The van der Waals surface area contributed by atoms with Crippen LogP contribution in [0, 0.1) is 0 Å². The predicted octanol–water partition coefficient (Wildman–Crippen LogP) is 13.2. The topological polar surface area (TPSA) is 169 Å². The molecule has 0 spiro atoms. The maximum atomic E-state index is 12.3. The molecule has 0 aromatic carbocycles. The number of esters is 1. The summed E-state index contributed by atoms with van der Waals surface area (Å²) in [6.45, 7) is 2.40. The van der Waals surface area contributed by atoms with Crippen LogP contribution in [0.5, 0.6) is 0 Å². The molecule has 0 saturated heterocycles. The number of carboxylic acids is 1. The Balaban J connectivity index is 3.95. The lowest BCUT2D eigenvalue weighted by Crippen LogP contribution is -2.43. The van der Waals surface area contributed by atoms with Crippen LogP contribution < -0.4 is 5.32 Å². The minimum absolute atomic E-state index is 0.0152. The molecule has 0 aromatic rings. The van der Waals surface area contributed by atoms with Crippen LogP contribution >= 0.6 is 7.82 Å². The number of aliphatic carboxylic acids is 1. The highest BCUT2D eigenvalue weighted by Crippen LogP contribution is 2.43. The Labute approximate surface area is 387 Å². The van der Waals surface area contributed by atoms with Crippen molar-refractivity contribution in [1.82, 2.24) is 5.32 Å². The number of amides is 1. The highest BCUT2D eigenvalue weighted by Gasteiger charge is 2.28. The number of unbranched alkanes of at least 4 members (excludes halogenated alkanes) is 14. The van der Waals surface area contributed by atoms with Gasteiger partial charge < -0.3 is 25.2 Å². The van der Waals surface area contributed by atoms with Crippen molar-refractivity contribution in [3.05, 3.63) is 97.2 Å². The van der Waals surface area contributed by atoms with Crippen LogP contribution in [-0.4, -0.2) is 64.9 Å². The number of phosphoric ester groups is 1. The molecule has 3 atom stereocenters. The van der Waals surface area contributed by atoms with E-state index in [1.54, 1.807) is 0 Å². The highest BCUT2D eigenvalue weighted by atomic mass is 31.2. The van der Waals surface area contributed by atoms with E-state index in [0.29, 0.717) is 19.3 Å². The van der Waals surface area contributed by atoms with Crippen LogP contribution in [0.25, 0.3) is 0 Å². The van der Waals surface area contributed by atoms with E-state index in [-0.39, 0.29) is 12.8 Å². The van der Waals surface area contributed by atoms with Crippen LogP contribution in [0.4, 0.5) is 0 Å². The normalized spacial score (nSPS) is 14.4. The lowest BCUT2D eigenvalue weighted by atomic mass is 10.0. The summed E-state index contributed by atoms with van der Waals surface area (Å²) in [7, 11) is -4.79. The van der Waals surface area contributed by atoms with Crippen LogP contribution in [0.15, 0.2) is 97.2 Å². The SMILES string of the molecule is CC/C=C\C/C=C\C/C=C\C/C=C\C/C=C\C/C=C\CCC(=O)NC(COP(=O)(O)OCC(O)COC(=O)CCCCCCCCCCCCC/C=C\C/C=C\CCCCC)C(=O)O. The van der Waals surface area contributed by atoms with Crippen molar-refractivity contribution in [3.8, 4) is 0 Å². The average Bonchev–Trinajstić information content (AvgIpc) is 3.27. The number of carbonyl (C=O) groups is 3. The van der Waals surface area contributed by atoms with Gasteiger partial charge in [-0.3, -0.25) is 18.6 Å². The monoisotopic (exact) mass is 916 g/mol. The predicted molar refractivity (Wildman–Crippen MR) is 263 cm³/mol. The van der Waals surface area contributed by atoms with Gasteiger partial charge in [0.25, 0.3) is 0 Å². The standard InChI is InChI=1S/C52H86NO10P/c1-3-5-7-9-11-13-15-17-19-21-23-24-26-28-30-32-34-36-38-40-42-44-51(56)61-45-48(54)46-62-64(59,60)63-47-49(52(57)58)53-50(55)43-41-39-37-35-33-31-29-27-25-22-20-18-16-14-12-10-8-6-4-2/h6,8,11-14,17-20,25,27,31,33,37,39,48-49,54H,3-5,7,9-10,15-16,21-24,26,28-30,32,34-36,38,40-47H2,1-2H3,(H,53,55)(H,57,58)(H,59,60)/b8-6-,13-11-,14-12-,19-17-,20-18-,27-25-,33-31-,39-37-. The van der Waals surface area contributed by atoms with Gasteiger partial charge in [-0.15, -0.1) is 0 Å². The molecular weight excluding hydrogens is 830 g/mol. The molecule has 0 aliphatic carbocycles. The van der Waals surface area contributed by atoms with Gasteiger partial charge in [0, 0.05) is 12.8 Å². The summed E-state index contributed by atoms with van der Waals surface area (Å²) in [5, 5.41) is 21.8. The minimum Gasteiger partial charge on any atom is -0.480 e. The third-order valence-corrected chi connectivity index (χ3v) is 10.8. The largest absolute Gasteiger partial charge is 0.480 e. The fourth-order valence-electron chi connectivity index (χ4n) is 6.13. The summed E-state index contributed by atoms with van der Waals surface area (Å²) in [4.78, 5) is 46.0. The van der Waals surface area contributed by atoms with Gasteiger partial charge in [0.1, 0.15) is 12.7 Å². The third kappa shape index (κ3) is 45.0. The number of carbonyl (C=O) groups excluding carboxylic acids is 2. The molecule has 0 aliphatic heterocycles. The van der Waals surface area contributed by atoms with Gasteiger partial charge in [0.2, 0.25) is 5.91 Å². The molecular formula is C52H86NO10P. The molecule has 0 heterocycles. The number of aliphatic hydroxyl groups excluding tert-OH is 1. The van der Waals surface area contributed by atoms with Crippen molar-refractivity contribution in [2.75, 3.05) is 19.8 Å². The fourth-order valence-corrected chi connectivity index (χ4v) is 6.90. The zero-order valence-corrected chi connectivity index (χ0v) is 40.4. The summed E-state index contributed by atoms with van der Waals surface area (Å²) >= 11 is 0. The second-order valence-electron chi connectivity index (χ2n) is 15.9. The van der Waals surface area contributed by atoms with E-state index < -0.39 is 57.6 Å². The Kier molecular flexibility index (Phi) is 43.4. The van der Waals surface area contributed by atoms with Crippen molar-refractivity contribution in [2.24, 2.45) is 0 Å². The number of hydrogen-bond acceptors (Lipinski definition) is 8. The highest BCUT2D eigenvalue weighted by molar-refractivity contribution is 7.47. The van der Waals surface area contributed by atoms with Gasteiger partial charge in [-0.2, -0.15) is 0 Å². The molecule has 0 fully saturated rings. The summed E-state index contributed by atoms with van der Waals surface area (Å²) in [6.07, 6.45) is 58.7.